The molecule has 1 aromatic carbocycles. The number of sulfonamides is 1. The van der Waals surface area contributed by atoms with E-state index in [9.17, 15) is 12.8 Å². The highest BCUT2D eigenvalue weighted by Gasteiger charge is 2.21. The predicted octanol–water partition coefficient (Wildman–Crippen LogP) is 4.51. The van der Waals surface area contributed by atoms with E-state index in [0.29, 0.717) is 10.0 Å². The van der Waals surface area contributed by atoms with Crippen molar-refractivity contribution in [1.29, 1.82) is 0 Å². The third-order valence-electron chi connectivity index (χ3n) is 2.57. The number of rotatable bonds is 3. The maximum Gasteiger partial charge on any atom is 0.265 e. The highest BCUT2D eigenvalue weighted by molar-refractivity contribution is 9.10. The summed E-state index contributed by atoms with van der Waals surface area (Å²) in [5, 5.41) is -0.166. The lowest BCUT2D eigenvalue weighted by atomic mass is 10.2. The topological polar surface area (TPSA) is 59.1 Å². The zero-order valence-electron chi connectivity index (χ0n) is 10.5. The first-order valence-corrected chi connectivity index (χ1v) is 8.95. The Labute approximate surface area is 143 Å². The lowest BCUT2D eigenvalue weighted by Crippen LogP contribution is -2.15. The minimum Gasteiger partial charge on any atom is -0.279 e. The normalized spacial score (nSPS) is 11.5. The third kappa shape index (κ3) is 3.74. The highest BCUT2D eigenvalue weighted by Crippen LogP contribution is 2.28. The van der Waals surface area contributed by atoms with Crippen LogP contribution in [0.2, 0.25) is 5.15 Å². The minimum atomic E-state index is -3.98. The molecule has 0 amide bonds. The number of hydrogen-bond donors (Lipinski definition) is 1. The Morgan fingerprint density at radius 1 is 1.29 bits per heavy atom. The van der Waals surface area contributed by atoms with E-state index in [-0.39, 0.29) is 20.2 Å². The minimum absolute atomic E-state index is 0.131. The summed E-state index contributed by atoms with van der Waals surface area (Å²) in [5.74, 6) is -0.572. The molecule has 0 aliphatic heterocycles. The molecular weight excluding hydrogens is 450 g/mol. The number of pyridine rings is 1. The summed E-state index contributed by atoms with van der Waals surface area (Å²) in [5.41, 5.74) is 0.692. The van der Waals surface area contributed by atoms with E-state index >= 15 is 0 Å². The van der Waals surface area contributed by atoms with Gasteiger partial charge in [0.15, 0.2) is 0 Å². The molecule has 0 bridgehead atoms. The number of anilines is 1. The van der Waals surface area contributed by atoms with Crippen molar-refractivity contribution in [1.82, 2.24) is 4.98 Å². The van der Waals surface area contributed by atoms with Crippen LogP contribution in [-0.4, -0.2) is 13.4 Å². The summed E-state index contributed by atoms with van der Waals surface area (Å²) >= 11 is 12.0. The number of nitrogens with one attached hydrogen (secondary N) is 1. The molecule has 0 saturated carbocycles. The van der Waals surface area contributed by atoms with Crippen LogP contribution in [0.1, 0.15) is 5.56 Å². The molecule has 0 fully saturated rings. The zero-order valence-corrected chi connectivity index (χ0v) is 15.2. The molecule has 112 valence electrons. The van der Waals surface area contributed by atoms with Crippen LogP contribution in [-0.2, 0) is 10.0 Å². The molecule has 0 radical (unpaired) electrons. The molecule has 0 saturated heterocycles. The molecule has 1 N–H and O–H groups in total. The van der Waals surface area contributed by atoms with E-state index in [1.807, 2.05) is 0 Å². The van der Waals surface area contributed by atoms with Gasteiger partial charge in [-0.25, -0.2) is 17.8 Å². The lowest BCUT2D eigenvalue weighted by molar-refractivity contribution is 0.600. The largest absolute Gasteiger partial charge is 0.279 e. The quantitative estimate of drug-likeness (QED) is 0.689. The highest BCUT2D eigenvalue weighted by atomic mass is 79.9. The molecule has 2 rings (SSSR count). The molecular formula is C12H8Br2ClFN2O2S. The van der Waals surface area contributed by atoms with Gasteiger partial charge in [0, 0.05) is 10.7 Å². The lowest BCUT2D eigenvalue weighted by Gasteiger charge is -2.12. The Bertz CT molecular complexity index is 815. The fourth-order valence-electron chi connectivity index (χ4n) is 1.55. The van der Waals surface area contributed by atoms with Crippen LogP contribution in [0, 0.1) is 12.7 Å². The average Bonchev–Trinajstić information content (AvgIpc) is 2.38. The molecule has 0 aliphatic carbocycles. The Morgan fingerprint density at radius 3 is 2.62 bits per heavy atom. The van der Waals surface area contributed by atoms with Gasteiger partial charge in [-0.2, -0.15) is 0 Å². The molecule has 0 atom stereocenters. The van der Waals surface area contributed by atoms with Crippen LogP contribution in [0.15, 0.2) is 38.2 Å². The standard InChI is InChI=1S/C12H8Br2ClFN2O2S/c1-6-2-8(14)9(16)4-10(6)18-21(19,20)11-3-7(13)5-17-12(11)15/h2-5,18H,1H3. The SMILES string of the molecule is Cc1cc(Br)c(F)cc1NS(=O)(=O)c1cc(Br)cnc1Cl. The van der Waals surface area contributed by atoms with Gasteiger partial charge in [0.25, 0.3) is 10.0 Å². The van der Waals surface area contributed by atoms with E-state index in [1.165, 1.54) is 18.3 Å². The Morgan fingerprint density at radius 2 is 1.95 bits per heavy atom. The van der Waals surface area contributed by atoms with Crippen molar-refractivity contribution in [2.45, 2.75) is 11.8 Å². The number of aromatic nitrogens is 1. The number of hydrogen-bond acceptors (Lipinski definition) is 3. The van der Waals surface area contributed by atoms with Crippen LogP contribution in [0.4, 0.5) is 10.1 Å². The van der Waals surface area contributed by atoms with Gasteiger partial charge in [-0.3, -0.25) is 4.72 Å². The van der Waals surface area contributed by atoms with Gasteiger partial charge in [-0.15, -0.1) is 0 Å². The van der Waals surface area contributed by atoms with Crippen LogP contribution >= 0.6 is 43.5 Å². The first-order valence-electron chi connectivity index (χ1n) is 5.50. The summed E-state index contributed by atoms with van der Waals surface area (Å²) in [6.07, 6.45) is 1.38. The third-order valence-corrected chi connectivity index (χ3v) is 5.41. The number of halogens is 4. The monoisotopic (exact) mass is 456 g/mol. The van der Waals surface area contributed by atoms with E-state index in [4.69, 9.17) is 11.6 Å². The van der Waals surface area contributed by atoms with Gasteiger partial charge >= 0.3 is 0 Å². The first kappa shape index (κ1) is 16.7. The molecule has 0 spiro atoms. The number of nitrogens with zero attached hydrogens (tertiary/aromatic N) is 1. The molecule has 4 nitrogen and oxygen atoms in total. The molecule has 2 aromatic rings. The molecule has 1 aromatic heterocycles. The second-order valence-electron chi connectivity index (χ2n) is 4.13. The maximum absolute atomic E-state index is 13.6. The van der Waals surface area contributed by atoms with Crippen molar-refractivity contribution in [3.8, 4) is 0 Å². The fourth-order valence-corrected chi connectivity index (χ4v) is 4.07. The summed E-state index contributed by atoms with van der Waals surface area (Å²) in [6, 6.07) is 3.90. The average molecular weight is 459 g/mol. The van der Waals surface area contributed by atoms with Crippen molar-refractivity contribution in [2.75, 3.05) is 4.72 Å². The van der Waals surface area contributed by atoms with Crippen molar-refractivity contribution >= 4 is 59.2 Å². The smallest absolute Gasteiger partial charge is 0.265 e. The number of aryl methyl sites for hydroxylation is 1. The van der Waals surface area contributed by atoms with Gasteiger partial charge in [-0.05, 0) is 62.5 Å². The maximum atomic E-state index is 13.6. The fraction of sp³-hybridized carbons (Fsp3) is 0.0833. The summed E-state index contributed by atoms with van der Waals surface area (Å²) < 4.78 is 41.2. The van der Waals surface area contributed by atoms with Crippen LogP contribution in [0.3, 0.4) is 0 Å². The van der Waals surface area contributed by atoms with E-state index in [2.05, 4.69) is 41.6 Å². The van der Waals surface area contributed by atoms with Gasteiger partial charge < -0.3 is 0 Å². The van der Waals surface area contributed by atoms with Gasteiger partial charge in [0.1, 0.15) is 15.9 Å². The first-order chi connectivity index (χ1) is 9.70. The van der Waals surface area contributed by atoms with E-state index in [0.717, 1.165) is 6.07 Å². The van der Waals surface area contributed by atoms with Crippen LogP contribution in [0.5, 0.6) is 0 Å². The predicted molar refractivity (Wildman–Crippen MR) is 86.6 cm³/mol. The van der Waals surface area contributed by atoms with Crippen LogP contribution in [0.25, 0.3) is 0 Å². The van der Waals surface area contributed by atoms with Gasteiger partial charge in [-0.1, -0.05) is 11.6 Å². The molecule has 0 aliphatic rings. The Kier molecular flexibility index (Phi) is 4.92. The van der Waals surface area contributed by atoms with Crippen molar-refractivity contribution in [3.05, 3.63) is 49.9 Å². The van der Waals surface area contributed by atoms with Crippen molar-refractivity contribution < 1.29 is 12.8 Å². The summed E-state index contributed by atoms with van der Waals surface area (Å²) in [4.78, 5) is 3.57. The van der Waals surface area contributed by atoms with E-state index in [1.54, 1.807) is 6.92 Å². The molecule has 9 heteroatoms. The Hall–Kier alpha value is -0.700. The van der Waals surface area contributed by atoms with Gasteiger partial charge in [0.2, 0.25) is 0 Å². The second kappa shape index (κ2) is 6.20. The van der Waals surface area contributed by atoms with Crippen LogP contribution < -0.4 is 4.72 Å². The second-order valence-corrected chi connectivity index (χ2v) is 7.91. The number of benzene rings is 1. The Balaban J connectivity index is 2.47. The van der Waals surface area contributed by atoms with Gasteiger partial charge in [0.05, 0.1) is 10.2 Å². The van der Waals surface area contributed by atoms with Crippen molar-refractivity contribution in [3.63, 3.8) is 0 Å². The zero-order chi connectivity index (χ0) is 15.8. The molecule has 0 unspecified atom stereocenters. The molecule has 1 heterocycles. The van der Waals surface area contributed by atoms with E-state index < -0.39 is 15.8 Å². The summed E-state index contributed by atoms with van der Waals surface area (Å²) in [6.45, 7) is 1.66. The summed E-state index contributed by atoms with van der Waals surface area (Å²) in [7, 11) is -3.98. The molecule has 21 heavy (non-hydrogen) atoms. The van der Waals surface area contributed by atoms with Crippen molar-refractivity contribution in [2.24, 2.45) is 0 Å².